The van der Waals surface area contributed by atoms with E-state index < -0.39 is 23.8 Å². The van der Waals surface area contributed by atoms with Crippen molar-refractivity contribution in [3.05, 3.63) is 70.8 Å². The minimum atomic E-state index is -0.925. The molecule has 2 aromatic carbocycles. The Hall–Kier alpha value is -3.35. The van der Waals surface area contributed by atoms with E-state index >= 15 is 0 Å². The van der Waals surface area contributed by atoms with Crippen LogP contribution in [0.25, 0.3) is 0 Å². The third-order valence-corrected chi connectivity index (χ3v) is 6.25. The highest BCUT2D eigenvalue weighted by Crippen LogP contribution is 2.27. The van der Waals surface area contributed by atoms with Crippen molar-refractivity contribution in [1.29, 1.82) is 0 Å². The normalized spacial score (nSPS) is 12.9. The van der Waals surface area contributed by atoms with Crippen molar-refractivity contribution in [1.82, 2.24) is 15.5 Å². The zero-order valence-electron chi connectivity index (χ0n) is 25.0. The second-order valence-corrected chi connectivity index (χ2v) is 11.5. The summed E-state index contributed by atoms with van der Waals surface area (Å²) in [6.45, 7) is 15.7. The lowest BCUT2D eigenvalue weighted by Crippen LogP contribution is -2.55. The van der Waals surface area contributed by atoms with Gasteiger partial charge in [-0.2, -0.15) is 0 Å². The number of nitrogens with zero attached hydrogens (tertiary/aromatic N) is 1. The van der Waals surface area contributed by atoms with Crippen molar-refractivity contribution < 1.29 is 19.1 Å². The van der Waals surface area contributed by atoms with Crippen molar-refractivity contribution in [2.24, 2.45) is 0 Å². The van der Waals surface area contributed by atoms with E-state index in [1.165, 1.54) is 0 Å². The quantitative estimate of drug-likeness (QED) is 0.324. The molecule has 0 fully saturated rings. The first-order valence-electron chi connectivity index (χ1n) is 14.0. The summed E-state index contributed by atoms with van der Waals surface area (Å²) in [5.74, 6) is -0.568. The Kier molecular flexibility index (Phi) is 12.0. The lowest BCUT2D eigenvalue weighted by atomic mass is 9.96. The third kappa shape index (κ3) is 10.4. The molecule has 0 spiro atoms. The molecule has 0 aliphatic heterocycles. The number of alkyl carbamates (subject to hydrolysis) is 1. The van der Waals surface area contributed by atoms with E-state index in [0.717, 1.165) is 41.5 Å². The van der Waals surface area contributed by atoms with Crippen LogP contribution in [0.1, 0.15) is 89.1 Å². The third-order valence-electron chi connectivity index (χ3n) is 6.25. The second-order valence-electron chi connectivity index (χ2n) is 11.5. The van der Waals surface area contributed by atoms with Gasteiger partial charge < -0.3 is 20.3 Å². The minimum Gasteiger partial charge on any atom is -0.444 e. The van der Waals surface area contributed by atoms with Gasteiger partial charge in [-0.1, -0.05) is 79.4 Å². The topological polar surface area (TPSA) is 87.7 Å². The maximum Gasteiger partial charge on any atom is 0.408 e. The van der Waals surface area contributed by atoms with Crippen LogP contribution in [-0.2, 0) is 20.7 Å². The number of carbonyl (C=O) groups excluding carboxylic acids is 3. The molecular formula is C32H47N3O4. The average Bonchev–Trinajstić information content (AvgIpc) is 2.82. The summed E-state index contributed by atoms with van der Waals surface area (Å²) >= 11 is 0. The Bertz CT molecular complexity index is 1070. The standard InChI is InChI=1S/C32H47N3O4/c1-9-10-14-17-33-29(36)28(26-19-23(4)18-24(5)20-26)35(22(2)3)30(37)27(21-25-15-12-11-13-16-25)34-31(38)39-32(6,7)8/h11-13,15-16,18-20,22,27-28H,9-10,14,17,21H2,1-8H3,(H,33,36)(H,34,38). The number of amides is 3. The molecule has 0 bridgehead atoms. The monoisotopic (exact) mass is 537 g/mol. The fourth-order valence-electron chi connectivity index (χ4n) is 4.65. The summed E-state index contributed by atoms with van der Waals surface area (Å²) in [4.78, 5) is 42.5. The highest BCUT2D eigenvalue weighted by atomic mass is 16.6. The maximum atomic E-state index is 14.3. The van der Waals surface area contributed by atoms with Gasteiger partial charge in [-0.3, -0.25) is 9.59 Å². The fraction of sp³-hybridized carbons (Fsp3) is 0.531. The van der Waals surface area contributed by atoms with Crippen LogP contribution < -0.4 is 10.6 Å². The van der Waals surface area contributed by atoms with Gasteiger partial charge in [0.15, 0.2) is 0 Å². The van der Waals surface area contributed by atoms with Crippen LogP contribution in [0.5, 0.6) is 0 Å². The largest absolute Gasteiger partial charge is 0.444 e. The molecule has 0 aliphatic rings. The molecule has 0 heterocycles. The lowest BCUT2D eigenvalue weighted by Gasteiger charge is -2.37. The zero-order chi connectivity index (χ0) is 29.2. The van der Waals surface area contributed by atoms with Crippen molar-refractivity contribution >= 4 is 17.9 Å². The Morgan fingerprint density at radius 2 is 1.56 bits per heavy atom. The summed E-state index contributed by atoms with van der Waals surface area (Å²) < 4.78 is 5.50. The molecule has 214 valence electrons. The molecule has 0 radical (unpaired) electrons. The van der Waals surface area contributed by atoms with Crippen LogP contribution in [0.3, 0.4) is 0 Å². The molecule has 2 unspecified atom stereocenters. The van der Waals surface area contributed by atoms with Crippen molar-refractivity contribution in [3.63, 3.8) is 0 Å². The molecule has 7 nitrogen and oxygen atoms in total. The number of benzene rings is 2. The van der Waals surface area contributed by atoms with Crippen LogP contribution in [-0.4, -0.2) is 47.0 Å². The van der Waals surface area contributed by atoms with E-state index in [1.807, 2.05) is 76.2 Å². The highest BCUT2D eigenvalue weighted by molar-refractivity contribution is 5.92. The molecule has 7 heteroatoms. The van der Waals surface area contributed by atoms with E-state index in [2.05, 4.69) is 17.6 Å². The average molecular weight is 538 g/mol. The van der Waals surface area contributed by atoms with Crippen LogP contribution in [0.2, 0.25) is 0 Å². The first-order chi connectivity index (χ1) is 18.3. The number of aryl methyl sites for hydroxylation is 2. The first kappa shape index (κ1) is 31.9. The fourth-order valence-corrected chi connectivity index (χ4v) is 4.65. The molecule has 2 atom stereocenters. The summed E-state index contributed by atoms with van der Waals surface area (Å²) in [6, 6.07) is 13.4. The highest BCUT2D eigenvalue weighted by Gasteiger charge is 2.38. The summed E-state index contributed by atoms with van der Waals surface area (Å²) in [5.41, 5.74) is 2.94. The molecule has 3 amide bonds. The summed E-state index contributed by atoms with van der Waals surface area (Å²) in [7, 11) is 0. The second kappa shape index (κ2) is 14.7. The van der Waals surface area contributed by atoms with Crippen LogP contribution in [0.15, 0.2) is 48.5 Å². The predicted octanol–water partition coefficient (Wildman–Crippen LogP) is 6.02. The Morgan fingerprint density at radius 3 is 2.10 bits per heavy atom. The summed E-state index contributed by atoms with van der Waals surface area (Å²) in [5, 5.41) is 5.86. The molecule has 0 aromatic heterocycles. The summed E-state index contributed by atoms with van der Waals surface area (Å²) in [6.07, 6.45) is 2.52. The van der Waals surface area contributed by atoms with Crippen LogP contribution in [0, 0.1) is 13.8 Å². The number of unbranched alkanes of at least 4 members (excludes halogenated alkanes) is 2. The van der Waals surface area contributed by atoms with Gasteiger partial charge in [0.1, 0.15) is 17.7 Å². The first-order valence-corrected chi connectivity index (χ1v) is 14.0. The van der Waals surface area contributed by atoms with E-state index in [4.69, 9.17) is 4.74 Å². The van der Waals surface area contributed by atoms with Gasteiger partial charge >= 0.3 is 6.09 Å². The maximum absolute atomic E-state index is 14.3. The van der Waals surface area contributed by atoms with Crippen LogP contribution in [0.4, 0.5) is 4.79 Å². The Labute approximate surface area is 234 Å². The number of ether oxygens (including phenoxy) is 1. The van der Waals surface area contributed by atoms with Gasteiger partial charge in [0, 0.05) is 19.0 Å². The van der Waals surface area contributed by atoms with Gasteiger partial charge in [0.05, 0.1) is 0 Å². The molecule has 2 N–H and O–H groups in total. The van der Waals surface area contributed by atoms with Crippen molar-refractivity contribution in [2.45, 2.75) is 105 Å². The van der Waals surface area contributed by atoms with E-state index in [-0.39, 0.29) is 24.3 Å². The van der Waals surface area contributed by atoms with Crippen molar-refractivity contribution in [2.75, 3.05) is 6.54 Å². The van der Waals surface area contributed by atoms with Crippen LogP contribution >= 0.6 is 0 Å². The smallest absolute Gasteiger partial charge is 0.408 e. The molecule has 0 saturated carbocycles. The van der Waals surface area contributed by atoms with E-state index in [9.17, 15) is 14.4 Å². The zero-order valence-corrected chi connectivity index (χ0v) is 25.0. The van der Waals surface area contributed by atoms with E-state index in [1.54, 1.807) is 25.7 Å². The molecule has 0 saturated heterocycles. The van der Waals surface area contributed by atoms with Gasteiger partial charge in [-0.15, -0.1) is 0 Å². The number of rotatable bonds is 12. The molecule has 2 aromatic rings. The molecule has 2 rings (SSSR count). The molecule has 39 heavy (non-hydrogen) atoms. The Balaban J connectivity index is 2.52. The molecule has 0 aliphatic carbocycles. The van der Waals surface area contributed by atoms with Gasteiger partial charge in [0.2, 0.25) is 11.8 Å². The lowest BCUT2D eigenvalue weighted by molar-refractivity contribution is -0.144. The van der Waals surface area contributed by atoms with Gasteiger partial charge in [0.25, 0.3) is 0 Å². The Morgan fingerprint density at radius 1 is 0.949 bits per heavy atom. The minimum absolute atomic E-state index is 0.228. The predicted molar refractivity (Wildman–Crippen MR) is 156 cm³/mol. The van der Waals surface area contributed by atoms with Crippen molar-refractivity contribution in [3.8, 4) is 0 Å². The SMILES string of the molecule is CCCCCNC(=O)C(c1cc(C)cc(C)c1)N(C(=O)C(Cc1ccccc1)NC(=O)OC(C)(C)C)C(C)C. The number of nitrogens with one attached hydrogen (secondary N) is 2. The number of carbonyl (C=O) groups is 3. The van der Waals surface area contributed by atoms with E-state index in [0.29, 0.717) is 6.54 Å². The molecular weight excluding hydrogens is 490 g/mol. The number of hydrogen-bond acceptors (Lipinski definition) is 4. The van der Waals surface area contributed by atoms with Gasteiger partial charge in [-0.25, -0.2) is 4.79 Å². The van der Waals surface area contributed by atoms with Gasteiger partial charge in [-0.05, 0) is 66.0 Å². The number of hydrogen-bond donors (Lipinski definition) is 2.